The fraction of sp³-hybridized carbons (Fsp3) is 0.750. The van der Waals surface area contributed by atoms with Gasteiger partial charge in [-0.2, -0.15) is 0 Å². The van der Waals surface area contributed by atoms with Crippen molar-refractivity contribution in [1.82, 2.24) is 0 Å². The molecule has 0 aromatic heterocycles. The van der Waals surface area contributed by atoms with E-state index in [2.05, 4.69) is 6.92 Å². The molecule has 69 valence electrons. The van der Waals surface area contributed by atoms with Crippen LogP contribution in [0.4, 0.5) is 0 Å². The summed E-state index contributed by atoms with van der Waals surface area (Å²) in [6, 6.07) is 0. The molecular weight excluding hydrogens is 320 g/mol. The molecule has 0 fully saturated rings. The van der Waals surface area contributed by atoms with E-state index in [1.165, 1.54) is 0 Å². The molecule has 0 aliphatic carbocycles. The molecule has 0 N–H and O–H groups in total. The van der Waals surface area contributed by atoms with E-state index >= 15 is 0 Å². The van der Waals surface area contributed by atoms with E-state index in [4.69, 9.17) is 4.74 Å². The van der Waals surface area contributed by atoms with Crippen molar-refractivity contribution in [3.63, 3.8) is 0 Å². The van der Waals surface area contributed by atoms with Crippen molar-refractivity contribution < 1.29 is 53.0 Å². The third-order valence-corrected chi connectivity index (χ3v) is 1.19. The third kappa shape index (κ3) is 13.4. The summed E-state index contributed by atoms with van der Waals surface area (Å²) >= 11 is 0. The molecule has 0 aromatic rings. The zero-order chi connectivity index (χ0) is 7.82. The summed E-state index contributed by atoms with van der Waals surface area (Å²) in [4.78, 5) is 10.7. The first-order valence-corrected chi connectivity index (χ1v) is 3.76. The van der Waals surface area contributed by atoms with Gasteiger partial charge >= 0.3 is 5.97 Å². The van der Waals surface area contributed by atoms with Crippen LogP contribution in [0, 0.1) is 6.92 Å². The maximum atomic E-state index is 10.7. The van der Waals surface area contributed by atoms with Gasteiger partial charge in [0.05, 0.1) is 6.61 Å². The molecule has 0 saturated heterocycles. The summed E-state index contributed by atoms with van der Waals surface area (Å²) in [6.45, 7) is 5.98. The van der Waals surface area contributed by atoms with Gasteiger partial charge in [0.15, 0.2) is 0 Å². The van der Waals surface area contributed by atoms with Gasteiger partial charge in [-0.25, -0.2) is 0 Å². The van der Waals surface area contributed by atoms with Gasteiger partial charge < -0.3 is 28.7 Å². The molecule has 4 heteroatoms. The van der Waals surface area contributed by atoms with Crippen LogP contribution >= 0.6 is 0 Å². The quantitative estimate of drug-likeness (QED) is 0.277. The van der Waals surface area contributed by atoms with E-state index < -0.39 is 0 Å². The van der Waals surface area contributed by atoms with Crippen LogP contribution in [0.5, 0.6) is 0 Å². The average Bonchev–Trinajstić information content (AvgIpc) is 1.89. The molecule has 0 spiro atoms. The molecule has 0 aliphatic rings. The van der Waals surface area contributed by atoms with E-state index in [0.717, 1.165) is 19.3 Å². The van der Waals surface area contributed by atoms with Crippen LogP contribution in [0.25, 0.3) is 0 Å². The van der Waals surface area contributed by atoms with Crippen molar-refractivity contribution >= 4 is 5.97 Å². The van der Waals surface area contributed by atoms with Gasteiger partial charge in [-0.05, 0) is 13.3 Å². The Kier molecular flexibility index (Phi) is 22.2. The maximum absolute atomic E-state index is 10.7. The Bertz CT molecular complexity index is 99.1. The maximum Gasteiger partial charge on any atom is 0.305 e. The van der Waals surface area contributed by atoms with Gasteiger partial charge in [0.1, 0.15) is 0 Å². The Morgan fingerprint density at radius 2 is 2.00 bits per heavy atom. The molecule has 0 heterocycles. The summed E-state index contributed by atoms with van der Waals surface area (Å²) in [6.07, 6.45) is 3.36. The van der Waals surface area contributed by atoms with Crippen molar-refractivity contribution in [1.29, 1.82) is 0 Å². The van der Waals surface area contributed by atoms with Gasteiger partial charge in [-0.3, -0.25) is 4.79 Å². The fourth-order valence-electron chi connectivity index (χ4n) is 0.679. The average molecular weight is 336 g/mol. The van der Waals surface area contributed by atoms with E-state index in [1.807, 2.05) is 6.92 Å². The minimum Gasteiger partial charge on any atom is -1.00 e. The van der Waals surface area contributed by atoms with Crippen molar-refractivity contribution in [3.8, 4) is 0 Å². The number of carbonyl (C=O) groups excluding carboxylic acids is 1. The van der Waals surface area contributed by atoms with Gasteiger partial charge in [-0.15, -0.1) is 0 Å². The van der Waals surface area contributed by atoms with Crippen molar-refractivity contribution in [2.24, 2.45) is 0 Å². The predicted molar refractivity (Wildman–Crippen MR) is 40.5 cm³/mol. The zero-order valence-electron chi connectivity index (χ0n) is 7.64. The second kappa shape index (κ2) is 14.4. The van der Waals surface area contributed by atoms with Gasteiger partial charge in [-0.1, -0.05) is 19.8 Å². The van der Waals surface area contributed by atoms with Crippen LogP contribution in [0.2, 0.25) is 0 Å². The summed E-state index contributed by atoms with van der Waals surface area (Å²) < 4.78 is 4.73. The second-order valence-corrected chi connectivity index (χ2v) is 2.12. The summed E-state index contributed by atoms with van der Waals surface area (Å²) in [5.41, 5.74) is 0. The van der Waals surface area contributed by atoms with Gasteiger partial charge in [0.25, 0.3) is 0 Å². The number of hydrogen-bond donors (Lipinski definition) is 0. The molecule has 0 bridgehead atoms. The van der Waals surface area contributed by atoms with Crippen LogP contribution in [0.3, 0.4) is 0 Å². The minimum absolute atomic E-state index is 0. The fourth-order valence-corrected chi connectivity index (χ4v) is 0.679. The molecule has 12 heavy (non-hydrogen) atoms. The summed E-state index contributed by atoms with van der Waals surface area (Å²) in [7, 11) is 0. The molecule has 1 radical (unpaired) electrons. The zero-order valence-corrected chi connectivity index (χ0v) is 12.8. The smallest absolute Gasteiger partial charge is 0.305 e. The summed E-state index contributed by atoms with van der Waals surface area (Å²) in [5.74, 6) is -0.0871. The third-order valence-electron chi connectivity index (χ3n) is 1.19. The van der Waals surface area contributed by atoms with Crippen LogP contribution in [-0.4, -0.2) is 12.6 Å². The Morgan fingerprint density at radius 1 is 1.42 bits per heavy atom. The molecular formula is C8H15IO2Zn-. The minimum atomic E-state index is -0.0871. The van der Waals surface area contributed by atoms with E-state index in [1.54, 1.807) is 0 Å². The van der Waals surface area contributed by atoms with Crippen LogP contribution in [0.15, 0.2) is 0 Å². The number of esters is 1. The van der Waals surface area contributed by atoms with Crippen molar-refractivity contribution in [3.05, 3.63) is 6.92 Å². The van der Waals surface area contributed by atoms with E-state index in [0.29, 0.717) is 13.0 Å². The molecule has 2 nitrogen and oxygen atoms in total. The predicted octanol–water partition coefficient (Wildman–Crippen LogP) is -1.05. The SMILES string of the molecule is [CH2]CCCCC(=O)OCC.[I-].[Zn]. The molecule has 0 aromatic carbocycles. The largest absolute Gasteiger partial charge is 1.00 e. The molecule has 0 rings (SSSR count). The van der Waals surface area contributed by atoms with Crippen LogP contribution in [-0.2, 0) is 29.0 Å². The Morgan fingerprint density at radius 3 is 2.42 bits per heavy atom. The first kappa shape index (κ1) is 18.6. The molecule has 0 unspecified atom stereocenters. The van der Waals surface area contributed by atoms with Crippen LogP contribution < -0.4 is 24.0 Å². The Balaban J connectivity index is -0.000000405. The second-order valence-electron chi connectivity index (χ2n) is 2.12. The number of ether oxygens (including phenoxy) is 1. The standard InChI is InChI=1S/C8H15O2.HI.Zn/c1-3-5-6-7-8(9)10-4-2;;/h1,3-7H2,2H3;1H;/p-1. The monoisotopic (exact) mass is 334 g/mol. The van der Waals surface area contributed by atoms with Crippen molar-refractivity contribution in [2.75, 3.05) is 6.61 Å². The topological polar surface area (TPSA) is 26.3 Å². The van der Waals surface area contributed by atoms with Crippen molar-refractivity contribution in [2.45, 2.75) is 32.6 Å². The molecule has 0 atom stereocenters. The van der Waals surface area contributed by atoms with Gasteiger partial charge in [0.2, 0.25) is 0 Å². The first-order valence-electron chi connectivity index (χ1n) is 3.76. The number of unbranched alkanes of at least 4 members (excludes halogenated alkanes) is 2. The number of halogens is 1. The van der Waals surface area contributed by atoms with E-state index in [-0.39, 0.29) is 49.4 Å². The van der Waals surface area contributed by atoms with Crippen LogP contribution in [0.1, 0.15) is 32.6 Å². The molecule has 0 aliphatic heterocycles. The Labute approximate surface area is 105 Å². The number of rotatable bonds is 5. The Hall–Kier alpha value is 0.823. The first-order chi connectivity index (χ1) is 4.81. The molecule has 0 amide bonds. The normalized spacial score (nSPS) is 7.83. The molecule has 0 saturated carbocycles. The van der Waals surface area contributed by atoms with Gasteiger partial charge in [0, 0.05) is 25.9 Å². The number of carbonyl (C=O) groups is 1. The number of hydrogen-bond acceptors (Lipinski definition) is 2. The van der Waals surface area contributed by atoms with E-state index in [9.17, 15) is 4.79 Å². The summed E-state index contributed by atoms with van der Waals surface area (Å²) in [5, 5.41) is 0.